The molecule has 13 heteroatoms. The number of nitrogens with zero attached hydrogens (tertiary/aromatic N) is 3. The molecule has 2 aromatic carbocycles. The lowest BCUT2D eigenvalue weighted by Gasteiger charge is -2.28. The topological polar surface area (TPSA) is 116 Å². The molecule has 5 rings (SSSR count). The summed E-state index contributed by atoms with van der Waals surface area (Å²) in [5.74, 6) is -3.86. The minimum atomic E-state index is -4.91. The van der Waals surface area contributed by atoms with Gasteiger partial charge in [0.15, 0.2) is 5.69 Å². The number of carbonyl (C=O) groups excluding carboxylic acids is 2. The van der Waals surface area contributed by atoms with Crippen LogP contribution in [0.15, 0.2) is 59.0 Å². The van der Waals surface area contributed by atoms with Crippen LogP contribution >= 0.6 is 12.4 Å². The Morgan fingerprint density at radius 3 is 2.23 bits per heavy atom. The number of nitrogens with one attached hydrogen (secondary N) is 1. The van der Waals surface area contributed by atoms with E-state index < -0.39 is 34.9 Å². The number of carboxylic acids is 1. The summed E-state index contributed by atoms with van der Waals surface area (Å²) in [5.41, 5.74) is -0.402. The Morgan fingerprint density at radius 1 is 0.930 bits per heavy atom. The molecule has 1 saturated carbocycles. The van der Waals surface area contributed by atoms with Crippen LogP contribution in [0.25, 0.3) is 11.5 Å². The van der Waals surface area contributed by atoms with E-state index in [0.29, 0.717) is 51.0 Å². The van der Waals surface area contributed by atoms with Crippen LogP contribution in [0, 0.1) is 5.41 Å². The monoisotopic (exact) mass is 620 g/mol. The number of carbonyl (C=O) groups is 3. The predicted molar refractivity (Wildman–Crippen MR) is 155 cm³/mol. The van der Waals surface area contributed by atoms with Crippen molar-refractivity contribution in [1.82, 2.24) is 9.88 Å². The maximum Gasteiger partial charge on any atom is 0.452 e. The molecule has 9 nitrogen and oxygen atoms in total. The number of aliphatic carboxylic acids is 1. The molecule has 2 heterocycles. The second kappa shape index (κ2) is 13.1. The van der Waals surface area contributed by atoms with Crippen molar-refractivity contribution in [2.75, 3.05) is 36.4 Å². The van der Waals surface area contributed by atoms with Gasteiger partial charge in [-0.3, -0.25) is 14.4 Å². The fourth-order valence-electron chi connectivity index (χ4n) is 5.66. The number of carboxylic acid groups (broad SMARTS) is 1. The van der Waals surface area contributed by atoms with Crippen LogP contribution in [0.5, 0.6) is 0 Å². The summed E-state index contributed by atoms with van der Waals surface area (Å²) in [6.45, 7) is 2.18. The third kappa shape index (κ3) is 7.12. The number of benzene rings is 2. The molecule has 0 atom stereocenters. The Labute approximate surface area is 252 Å². The number of alkyl halides is 3. The molecule has 2 N–H and O–H groups in total. The lowest BCUT2D eigenvalue weighted by Crippen LogP contribution is -2.40. The van der Waals surface area contributed by atoms with Crippen LogP contribution in [0.1, 0.15) is 54.8 Å². The summed E-state index contributed by atoms with van der Waals surface area (Å²) in [7, 11) is 0. The maximum absolute atomic E-state index is 13.6. The molecule has 1 aliphatic carbocycles. The molecule has 2 aliphatic rings. The number of hydrogen-bond acceptors (Lipinski definition) is 6. The third-order valence-corrected chi connectivity index (χ3v) is 7.96. The summed E-state index contributed by atoms with van der Waals surface area (Å²) in [6, 6.07) is 14.7. The molecule has 0 spiro atoms. The molecule has 3 aromatic rings. The van der Waals surface area contributed by atoms with E-state index in [-0.39, 0.29) is 36.3 Å². The lowest BCUT2D eigenvalue weighted by atomic mass is 9.82. The van der Waals surface area contributed by atoms with E-state index in [2.05, 4.69) is 15.2 Å². The van der Waals surface area contributed by atoms with Gasteiger partial charge in [-0.25, -0.2) is 4.98 Å². The first kappa shape index (κ1) is 31.9. The van der Waals surface area contributed by atoms with Crippen molar-refractivity contribution in [2.24, 2.45) is 5.41 Å². The van der Waals surface area contributed by atoms with Crippen molar-refractivity contribution in [3.8, 4) is 11.5 Å². The average Bonchev–Trinajstić information content (AvgIpc) is 3.57. The Morgan fingerprint density at radius 2 is 1.60 bits per heavy atom. The number of aromatic nitrogens is 1. The SMILES string of the molecule is Cl.O=C(Nc1ccc(N2CCCN(C(=O)CC3(C(=O)O)CCCC3)CC2)cc1)c1nc(-c2ccccc2)oc1C(F)(F)F. The number of anilines is 2. The maximum atomic E-state index is 13.6. The molecular formula is C30H32ClF3N4O5. The zero-order valence-corrected chi connectivity index (χ0v) is 24.0. The Kier molecular flexibility index (Phi) is 9.69. The van der Waals surface area contributed by atoms with Crippen LogP contribution in [0.3, 0.4) is 0 Å². The minimum absolute atomic E-state index is 0. The van der Waals surface area contributed by atoms with Crippen LogP contribution in [0.4, 0.5) is 24.5 Å². The van der Waals surface area contributed by atoms with E-state index in [9.17, 15) is 32.7 Å². The molecule has 0 radical (unpaired) electrons. The molecule has 1 aliphatic heterocycles. The van der Waals surface area contributed by atoms with Crippen molar-refractivity contribution < 1.29 is 37.1 Å². The standard InChI is InChI=1S/C30H31F3N4O5.ClH/c31-30(32,33)25-24(35-27(42-25)20-7-2-1-3-8-20)26(39)34-21-9-11-22(12-10-21)36-15-6-16-37(18-17-36)23(38)19-29(28(40)41)13-4-5-14-29;/h1-3,7-12H,4-6,13-19H2,(H,34,39)(H,40,41);1H. The van der Waals surface area contributed by atoms with E-state index in [4.69, 9.17) is 4.42 Å². The Bertz CT molecular complexity index is 1440. The van der Waals surface area contributed by atoms with Gasteiger partial charge in [0.05, 0.1) is 5.41 Å². The number of hydrogen-bond donors (Lipinski definition) is 2. The van der Waals surface area contributed by atoms with Crippen LogP contribution in [0.2, 0.25) is 0 Å². The molecule has 2 fully saturated rings. The quantitative estimate of drug-likeness (QED) is 0.327. The second-order valence-electron chi connectivity index (χ2n) is 10.8. The largest absolute Gasteiger partial charge is 0.481 e. The van der Waals surface area contributed by atoms with Crippen molar-refractivity contribution >= 4 is 41.6 Å². The zero-order chi connectivity index (χ0) is 29.9. The second-order valence-corrected chi connectivity index (χ2v) is 10.8. The number of halogens is 4. The third-order valence-electron chi connectivity index (χ3n) is 7.96. The number of oxazole rings is 1. The van der Waals surface area contributed by atoms with Gasteiger partial charge in [0.25, 0.3) is 5.91 Å². The highest BCUT2D eigenvalue weighted by atomic mass is 35.5. The molecule has 2 amide bonds. The fraction of sp³-hybridized carbons (Fsp3) is 0.400. The fourth-order valence-corrected chi connectivity index (χ4v) is 5.66. The molecule has 0 unspecified atom stereocenters. The van der Waals surface area contributed by atoms with Gasteiger partial charge < -0.3 is 24.6 Å². The first-order valence-corrected chi connectivity index (χ1v) is 13.9. The van der Waals surface area contributed by atoms with Crippen LogP contribution < -0.4 is 10.2 Å². The smallest absolute Gasteiger partial charge is 0.452 e. The van der Waals surface area contributed by atoms with Crippen LogP contribution in [-0.4, -0.2) is 59.0 Å². The van der Waals surface area contributed by atoms with Gasteiger partial charge in [-0.2, -0.15) is 13.2 Å². The van der Waals surface area contributed by atoms with Gasteiger partial charge >= 0.3 is 12.1 Å². The molecule has 1 saturated heterocycles. The van der Waals surface area contributed by atoms with E-state index in [1.165, 1.54) is 12.1 Å². The summed E-state index contributed by atoms with van der Waals surface area (Å²) >= 11 is 0. The van der Waals surface area contributed by atoms with Gasteiger partial charge in [-0.1, -0.05) is 31.0 Å². The van der Waals surface area contributed by atoms with Gasteiger partial charge in [0, 0.05) is 49.5 Å². The van der Waals surface area contributed by atoms with E-state index >= 15 is 0 Å². The molecule has 0 bridgehead atoms. The highest BCUT2D eigenvalue weighted by Gasteiger charge is 2.44. The number of rotatable bonds is 7. The molecular weight excluding hydrogens is 589 g/mol. The average molecular weight is 621 g/mol. The molecule has 43 heavy (non-hydrogen) atoms. The number of amides is 2. The first-order valence-electron chi connectivity index (χ1n) is 13.9. The Balaban J connectivity index is 0.00000423. The summed E-state index contributed by atoms with van der Waals surface area (Å²) in [6.07, 6.45) is -1.50. The van der Waals surface area contributed by atoms with E-state index in [1.54, 1.807) is 47.4 Å². The zero-order valence-electron chi connectivity index (χ0n) is 23.2. The van der Waals surface area contributed by atoms with Crippen molar-refractivity contribution in [2.45, 2.75) is 44.7 Å². The van der Waals surface area contributed by atoms with Gasteiger partial charge in [0.1, 0.15) is 0 Å². The van der Waals surface area contributed by atoms with Crippen molar-refractivity contribution in [3.05, 3.63) is 66.1 Å². The summed E-state index contributed by atoms with van der Waals surface area (Å²) < 4.78 is 45.8. The molecule has 1 aromatic heterocycles. The Hall–Kier alpha value is -4.06. The van der Waals surface area contributed by atoms with Crippen molar-refractivity contribution in [1.29, 1.82) is 0 Å². The predicted octanol–water partition coefficient (Wildman–Crippen LogP) is 6.11. The van der Waals surface area contributed by atoms with Gasteiger partial charge in [-0.15, -0.1) is 12.4 Å². The van der Waals surface area contributed by atoms with E-state index in [0.717, 1.165) is 18.5 Å². The van der Waals surface area contributed by atoms with Crippen LogP contribution in [-0.2, 0) is 15.8 Å². The minimum Gasteiger partial charge on any atom is -0.481 e. The summed E-state index contributed by atoms with van der Waals surface area (Å²) in [5, 5.41) is 12.2. The summed E-state index contributed by atoms with van der Waals surface area (Å²) in [4.78, 5) is 45.4. The lowest BCUT2D eigenvalue weighted by molar-refractivity contribution is -0.153. The molecule has 230 valence electrons. The van der Waals surface area contributed by atoms with Gasteiger partial charge in [-0.05, 0) is 55.7 Å². The first-order chi connectivity index (χ1) is 20.1. The highest BCUT2D eigenvalue weighted by molar-refractivity contribution is 6.04. The van der Waals surface area contributed by atoms with Gasteiger partial charge in [0.2, 0.25) is 17.6 Å². The van der Waals surface area contributed by atoms with Crippen molar-refractivity contribution in [3.63, 3.8) is 0 Å². The normalized spacial score (nSPS) is 16.7. The highest BCUT2D eigenvalue weighted by Crippen LogP contribution is 2.42. The van der Waals surface area contributed by atoms with E-state index in [1.807, 2.05) is 0 Å².